The predicted octanol–water partition coefficient (Wildman–Crippen LogP) is 2.69. The number of nitrogens with two attached hydrogens (primary N) is 1. The third-order valence-corrected chi connectivity index (χ3v) is 4.00. The van der Waals surface area contributed by atoms with Crippen LogP contribution in [0.4, 0.5) is 10.9 Å². The molecule has 0 aliphatic rings. The van der Waals surface area contributed by atoms with Gasteiger partial charge in [0.2, 0.25) is 5.13 Å². The van der Waals surface area contributed by atoms with Gasteiger partial charge in [0.05, 0.1) is 16.9 Å². The van der Waals surface area contributed by atoms with Crippen molar-refractivity contribution in [1.29, 1.82) is 5.26 Å². The fourth-order valence-corrected chi connectivity index (χ4v) is 2.89. The molecule has 114 valence electrons. The van der Waals surface area contributed by atoms with Crippen molar-refractivity contribution in [2.24, 2.45) is 5.10 Å². The molecule has 2 rings (SSSR count). The third-order valence-electron chi connectivity index (χ3n) is 2.43. The molecule has 2 aromatic rings. The monoisotopic (exact) mass is 429 g/mol. The van der Waals surface area contributed by atoms with Crippen LogP contribution in [0.25, 0.3) is 0 Å². The minimum atomic E-state index is -0.0349. The third kappa shape index (κ3) is 4.22. The number of nitrogens with one attached hydrogen (secondary N) is 1. The fraction of sp³-hybridized carbons (Fsp3) is 0.154. The van der Waals surface area contributed by atoms with Crippen LogP contribution in [0.1, 0.15) is 5.56 Å². The van der Waals surface area contributed by atoms with Gasteiger partial charge in [-0.2, -0.15) is 10.4 Å². The van der Waals surface area contributed by atoms with Gasteiger partial charge in [-0.1, -0.05) is 0 Å². The number of anilines is 2. The zero-order valence-corrected chi connectivity index (χ0v) is 14.5. The van der Waals surface area contributed by atoms with Gasteiger partial charge in [-0.3, -0.25) is 5.43 Å². The highest BCUT2D eigenvalue weighted by atomic mass is 127. The number of methoxy groups -OCH3 is 1. The van der Waals surface area contributed by atoms with Crippen LogP contribution in [0.15, 0.2) is 22.6 Å². The van der Waals surface area contributed by atoms with E-state index in [2.05, 4.69) is 38.1 Å². The molecule has 0 bridgehead atoms. The van der Waals surface area contributed by atoms with E-state index >= 15 is 0 Å². The molecule has 0 radical (unpaired) electrons. The lowest BCUT2D eigenvalue weighted by Gasteiger charge is -2.11. The van der Waals surface area contributed by atoms with E-state index < -0.39 is 0 Å². The Morgan fingerprint density at radius 2 is 2.41 bits per heavy atom. The first-order valence-corrected chi connectivity index (χ1v) is 7.97. The molecule has 0 unspecified atom stereocenters. The molecule has 0 aliphatic carbocycles. The number of nitrogens with zero attached hydrogens (tertiary/aromatic N) is 3. The number of thiazole rings is 1. The number of nitriles is 1. The average molecular weight is 429 g/mol. The number of hydrazone groups is 1. The lowest BCUT2D eigenvalue weighted by molar-refractivity contribution is 0.327. The molecular weight excluding hydrogens is 417 g/mol. The number of rotatable bonds is 6. The summed E-state index contributed by atoms with van der Waals surface area (Å²) in [5.41, 5.74) is 9.15. The van der Waals surface area contributed by atoms with Gasteiger partial charge in [0.1, 0.15) is 11.9 Å². The lowest BCUT2D eigenvalue weighted by atomic mass is 10.2. The number of nitrogen functional groups attached to an aromatic ring is 1. The zero-order chi connectivity index (χ0) is 15.9. The fourth-order valence-electron chi connectivity index (χ4n) is 1.56. The maximum atomic E-state index is 8.60. The van der Waals surface area contributed by atoms with Crippen molar-refractivity contribution in [2.75, 3.05) is 24.9 Å². The van der Waals surface area contributed by atoms with Crippen LogP contribution >= 0.6 is 33.9 Å². The highest BCUT2D eigenvalue weighted by Crippen LogP contribution is 2.33. The molecule has 3 N–H and O–H groups in total. The Kier molecular flexibility index (Phi) is 5.79. The van der Waals surface area contributed by atoms with Crippen LogP contribution in [0.2, 0.25) is 0 Å². The predicted molar refractivity (Wildman–Crippen MR) is 94.6 cm³/mol. The standard InChI is InChI=1S/C13H12IN5O2S/c1-20-10-5-8(4-9(14)12(10)21-3-2-15)6-17-19-13-18-11(16)7-22-13/h4-7H,3,16H2,1H3,(H,18,19). The second-order valence-corrected chi connectivity index (χ2v) is 5.95. The van der Waals surface area contributed by atoms with Gasteiger partial charge in [0.25, 0.3) is 0 Å². The van der Waals surface area contributed by atoms with Crippen LogP contribution < -0.4 is 20.6 Å². The first kappa shape index (κ1) is 16.3. The van der Waals surface area contributed by atoms with E-state index in [9.17, 15) is 0 Å². The molecule has 0 atom stereocenters. The Morgan fingerprint density at radius 3 is 3.05 bits per heavy atom. The minimum absolute atomic E-state index is 0.0349. The first-order chi connectivity index (χ1) is 10.6. The highest BCUT2D eigenvalue weighted by Gasteiger charge is 2.11. The summed E-state index contributed by atoms with van der Waals surface area (Å²) in [5, 5.41) is 15.0. The van der Waals surface area contributed by atoms with Crippen LogP contribution in [-0.2, 0) is 0 Å². The van der Waals surface area contributed by atoms with Crippen LogP contribution in [-0.4, -0.2) is 24.9 Å². The largest absolute Gasteiger partial charge is 0.493 e. The zero-order valence-electron chi connectivity index (χ0n) is 11.5. The van der Waals surface area contributed by atoms with Crippen molar-refractivity contribution in [1.82, 2.24) is 4.98 Å². The van der Waals surface area contributed by atoms with Crippen LogP contribution in [0, 0.1) is 14.9 Å². The number of hydrogen-bond acceptors (Lipinski definition) is 8. The number of aromatic nitrogens is 1. The Labute approximate surface area is 144 Å². The van der Waals surface area contributed by atoms with Crippen molar-refractivity contribution in [3.8, 4) is 17.6 Å². The summed E-state index contributed by atoms with van der Waals surface area (Å²) < 4.78 is 11.5. The Hall–Kier alpha value is -2.06. The molecule has 0 spiro atoms. The summed E-state index contributed by atoms with van der Waals surface area (Å²) in [6.07, 6.45) is 1.64. The second kappa shape index (κ2) is 7.81. The number of benzene rings is 1. The Bertz CT molecular complexity index is 726. The number of halogens is 1. The number of hydrogen-bond donors (Lipinski definition) is 2. The lowest BCUT2D eigenvalue weighted by Crippen LogP contribution is -2.00. The maximum Gasteiger partial charge on any atom is 0.205 e. The molecule has 0 saturated carbocycles. The summed E-state index contributed by atoms with van der Waals surface area (Å²) in [5.74, 6) is 1.54. The van der Waals surface area contributed by atoms with Gasteiger partial charge in [-0.05, 0) is 40.3 Å². The van der Waals surface area contributed by atoms with Crippen LogP contribution in [0.3, 0.4) is 0 Å². The number of ether oxygens (including phenoxy) is 2. The molecule has 1 aromatic heterocycles. The molecule has 0 aliphatic heterocycles. The van der Waals surface area contributed by atoms with Gasteiger partial charge in [-0.25, -0.2) is 4.98 Å². The van der Waals surface area contributed by atoms with Crippen molar-refractivity contribution >= 4 is 51.1 Å². The summed E-state index contributed by atoms with van der Waals surface area (Å²) >= 11 is 3.49. The van der Waals surface area contributed by atoms with Crippen molar-refractivity contribution in [2.45, 2.75) is 0 Å². The quantitative estimate of drug-likeness (QED) is 0.416. The summed E-state index contributed by atoms with van der Waals surface area (Å²) in [4.78, 5) is 4.04. The van der Waals surface area contributed by atoms with Gasteiger partial charge >= 0.3 is 0 Å². The molecular formula is C13H12IN5O2S. The molecule has 0 amide bonds. The first-order valence-electron chi connectivity index (χ1n) is 6.01. The summed E-state index contributed by atoms with van der Waals surface area (Å²) in [6.45, 7) is -0.0349. The SMILES string of the molecule is COc1cc(C=NNc2nc(N)cs2)cc(I)c1OCC#N. The molecule has 22 heavy (non-hydrogen) atoms. The highest BCUT2D eigenvalue weighted by molar-refractivity contribution is 14.1. The maximum absolute atomic E-state index is 8.60. The Balaban J connectivity index is 2.14. The van der Waals surface area contributed by atoms with Crippen molar-refractivity contribution in [3.63, 3.8) is 0 Å². The molecule has 1 aromatic carbocycles. The molecule has 7 nitrogen and oxygen atoms in total. The summed E-state index contributed by atoms with van der Waals surface area (Å²) in [7, 11) is 1.54. The van der Waals surface area contributed by atoms with E-state index in [1.54, 1.807) is 24.8 Å². The van der Waals surface area contributed by atoms with Gasteiger partial charge < -0.3 is 15.2 Å². The molecule has 9 heteroatoms. The van der Waals surface area contributed by atoms with Gasteiger partial charge in [0, 0.05) is 5.38 Å². The van der Waals surface area contributed by atoms with E-state index in [4.69, 9.17) is 20.5 Å². The van der Waals surface area contributed by atoms with E-state index in [1.165, 1.54) is 11.3 Å². The second-order valence-electron chi connectivity index (χ2n) is 3.93. The molecule has 0 saturated heterocycles. The van der Waals surface area contributed by atoms with Crippen LogP contribution in [0.5, 0.6) is 11.5 Å². The van der Waals surface area contributed by atoms with E-state index in [0.717, 1.165) is 9.13 Å². The summed E-state index contributed by atoms with van der Waals surface area (Å²) in [6, 6.07) is 5.58. The minimum Gasteiger partial charge on any atom is -0.493 e. The van der Waals surface area contributed by atoms with E-state index in [-0.39, 0.29) is 6.61 Å². The Morgan fingerprint density at radius 1 is 1.59 bits per heavy atom. The van der Waals surface area contributed by atoms with Crippen molar-refractivity contribution < 1.29 is 9.47 Å². The van der Waals surface area contributed by atoms with Gasteiger partial charge in [0.15, 0.2) is 18.1 Å². The smallest absolute Gasteiger partial charge is 0.205 e. The van der Waals surface area contributed by atoms with Crippen molar-refractivity contribution in [3.05, 3.63) is 26.6 Å². The van der Waals surface area contributed by atoms with E-state index in [0.29, 0.717) is 22.4 Å². The molecule has 1 heterocycles. The van der Waals surface area contributed by atoms with Gasteiger partial charge in [-0.15, -0.1) is 11.3 Å². The normalized spacial score (nSPS) is 10.4. The average Bonchev–Trinajstić information content (AvgIpc) is 2.91. The topological polar surface area (TPSA) is 106 Å². The molecule has 0 fully saturated rings. The van der Waals surface area contributed by atoms with E-state index in [1.807, 2.05) is 12.1 Å².